The molecule has 3 amide bonds. The molecule has 6 rings (SSSR count). The molecule has 1 aromatic carbocycles. The fraction of sp³-hybridized carbons (Fsp3) is 0.429. The molecular weight excluding hydrogens is 500 g/mol. The highest BCUT2D eigenvalue weighted by Gasteiger charge is 2.50. The number of hydrogen-bond acceptors (Lipinski definition) is 9. The summed E-state index contributed by atoms with van der Waals surface area (Å²) >= 11 is 0. The van der Waals surface area contributed by atoms with Gasteiger partial charge >= 0.3 is 0 Å². The topological polar surface area (TPSA) is 142 Å². The number of amides is 3. The van der Waals surface area contributed by atoms with Crippen molar-refractivity contribution in [1.29, 1.82) is 0 Å². The van der Waals surface area contributed by atoms with Crippen LogP contribution in [0.5, 0.6) is 0 Å². The summed E-state index contributed by atoms with van der Waals surface area (Å²) in [7, 11) is 0. The Balaban J connectivity index is 1.16. The van der Waals surface area contributed by atoms with Crippen molar-refractivity contribution >= 4 is 17.7 Å². The van der Waals surface area contributed by atoms with Gasteiger partial charge in [-0.25, -0.2) is 0 Å². The van der Waals surface area contributed by atoms with Gasteiger partial charge in [0.25, 0.3) is 5.91 Å². The smallest absolute Gasteiger partial charge is 0.256 e. The number of imide groups is 1. The van der Waals surface area contributed by atoms with Crippen LogP contribution in [0.1, 0.15) is 60.4 Å². The van der Waals surface area contributed by atoms with Gasteiger partial charge < -0.3 is 14.5 Å². The molecule has 3 aromatic rings. The quantitative estimate of drug-likeness (QED) is 0.474. The molecule has 2 fully saturated rings. The van der Waals surface area contributed by atoms with E-state index in [0.29, 0.717) is 48.7 Å². The Morgan fingerprint density at radius 3 is 2.62 bits per heavy atom. The van der Waals surface area contributed by atoms with Crippen LogP contribution in [-0.4, -0.2) is 66.9 Å². The van der Waals surface area contributed by atoms with Crippen LogP contribution in [0.3, 0.4) is 0 Å². The van der Waals surface area contributed by atoms with E-state index < -0.39 is 23.0 Å². The molecule has 39 heavy (non-hydrogen) atoms. The third kappa shape index (κ3) is 4.41. The van der Waals surface area contributed by atoms with Gasteiger partial charge in [-0.05, 0) is 30.5 Å². The predicted molar refractivity (Wildman–Crippen MR) is 138 cm³/mol. The molecule has 11 heteroatoms. The Kier molecular flexibility index (Phi) is 6.07. The van der Waals surface area contributed by atoms with Crippen molar-refractivity contribution in [3.63, 3.8) is 0 Å². The van der Waals surface area contributed by atoms with E-state index in [1.165, 1.54) is 11.3 Å². The largest absolute Gasteiger partial charge is 0.383 e. The minimum absolute atomic E-state index is 0.177. The number of aliphatic hydroxyl groups is 1. The molecule has 0 radical (unpaired) electrons. The lowest BCUT2D eigenvalue weighted by Gasteiger charge is -2.50. The second kappa shape index (κ2) is 9.35. The predicted octanol–water partition coefficient (Wildman–Crippen LogP) is 2.01. The molecule has 3 aliphatic rings. The van der Waals surface area contributed by atoms with Crippen molar-refractivity contribution in [2.24, 2.45) is 5.41 Å². The number of rotatable bonds is 5. The van der Waals surface area contributed by atoms with Crippen LogP contribution in [0, 0.1) is 5.41 Å². The minimum atomic E-state index is -1.19. The Morgan fingerprint density at radius 1 is 1.13 bits per heavy atom. The molecule has 0 saturated carbocycles. The Bertz CT molecular complexity index is 1440. The molecule has 0 aliphatic carbocycles. The second-order valence-electron chi connectivity index (χ2n) is 11.2. The molecule has 202 valence electrons. The summed E-state index contributed by atoms with van der Waals surface area (Å²) in [5.41, 5.74) is 1.84. The van der Waals surface area contributed by atoms with E-state index in [-0.39, 0.29) is 24.8 Å². The fourth-order valence-electron chi connectivity index (χ4n) is 6.02. The lowest BCUT2D eigenvalue weighted by Crippen LogP contribution is -2.55. The summed E-state index contributed by atoms with van der Waals surface area (Å²) in [6, 6.07) is 10.8. The zero-order valence-electron chi connectivity index (χ0n) is 21.9. The number of likely N-dealkylation sites (tertiary alicyclic amines) is 1. The van der Waals surface area contributed by atoms with Crippen molar-refractivity contribution in [1.82, 2.24) is 30.2 Å². The summed E-state index contributed by atoms with van der Waals surface area (Å²) in [6.07, 6.45) is 2.28. The van der Waals surface area contributed by atoms with E-state index in [9.17, 15) is 19.5 Å². The number of aromatic nitrogens is 3. The van der Waals surface area contributed by atoms with Gasteiger partial charge in [-0.2, -0.15) is 4.98 Å². The molecule has 5 heterocycles. The van der Waals surface area contributed by atoms with E-state index >= 15 is 0 Å². The van der Waals surface area contributed by atoms with Gasteiger partial charge in [-0.15, -0.1) is 0 Å². The highest BCUT2D eigenvalue weighted by molar-refractivity contribution is 6.05. The lowest BCUT2D eigenvalue weighted by molar-refractivity contribution is -0.137. The van der Waals surface area contributed by atoms with Crippen molar-refractivity contribution < 1.29 is 24.0 Å². The van der Waals surface area contributed by atoms with Crippen LogP contribution >= 0.6 is 0 Å². The van der Waals surface area contributed by atoms with E-state index in [1.54, 1.807) is 12.1 Å². The maximum Gasteiger partial charge on any atom is 0.256 e. The van der Waals surface area contributed by atoms with Crippen molar-refractivity contribution in [3.05, 3.63) is 65.3 Å². The highest BCUT2D eigenvalue weighted by Crippen LogP contribution is 2.46. The van der Waals surface area contributed by atoms with Crippen LogP contribution < -0.4 is 5.32 Å². The standard InChI is InChI=1S/C28H30N6O5/c1-27(2)15-33(13-17-3-5-18(6-4-17)24-29-16-39-32-24)12-11-28(27,38)22-9-7-19-20(30-22)14-34(26(19)37)21-8-10-23(35)31-25(21)36/h3-7,9,16,21,38H,8,10-15H2,1-2H3,(H,31,35,36). The maximum atomic E-state index is 13.1. The monoisotopic (exact) mass is 530 g/mol. The van der Waals surface area contributed by atoms with Crippen molar-refractivity contribution in [2.75, 3.05) is 13.1 Å². The van der Waals surface area contributed by atoms with Crippen LogP contribution in [0.25, 0.3) is 11.4 Å². The van der Waals surface area contributed by atoms with Gasteiger partial charge in [0, 0.05) is 37.0 Å². The molecule has 0 spiro atoms. The van der Waals surface area contributed by atoms with E-state index in [2.05, 4.69) is 20.4 Å². The highest BCUT2D eigenvalue weighted by atomic mass is 16.5. The molecule has 2 aromatic heterocycles. The first-order chi connectivity index (χ1) is 18.6. The van der Waals surface area contributed by atoms with Gasteiger partial charge in [-0.1, -0.05) is 43.3 Å². The van der Waals surface area contributed by atoms with Crippen LogP contribution in [-0.2, 0) is 28.3 Å². The van der Waals surface area contributed by atoms with Crippen molar-refractivity contribution in [2.45, 2.75) is 57.8 Å². The van der Waals surface area contributed by atoms with Gasteiger partial charge in [0.2, 0.25) is 24.0 Å². The number of nitrogens with one attached hydrogen (secondary N) is 1. The Hall–Kier alpha value is -3.96. The molecule has 2 unspecified atom stereocenters. The van der Waals surface area contributed by atoms with Crippen LogP contribution in [0.2, 0.25) is 0 Å². The third-order valence-corrected chi connectivity index (χ3v) is 8.30. The number of benzene rings is 1. The van der Waals surface area contributed by atoms with Crippen LogP contribution in [0.15, 0.2) is 47.3 Å². The van der Waals surface area contributed by atoms with Gasteiger partial charge in [-0.3, -0.25) is 29.6 Å². The number of fused-ring (bicyclic) bond motifs is 1. The average Bonchev–Trinajstić information content (AvgIpc) is 3.55. The summed E-state index contributed by atoms with van der Waals surface area (Å²) in [5, 5.41) is 18.2. The summed E-state index contributed by atoms with van der Waals surface area (Å²) in [5.74, 6) is -0.499. The summed E-state index contributed by atoms with van der Waals surface area (Å²) in [6.45, 7) is 6.31. The first-order valence-electron chi connectivity index (χ1n) is 13.1. The average molecular weight is 531 g/mol. The van der Waals surface area contributed by atoms with E-state index in [1.807, 2.05) is 38.1 Å². The molecule has 2 N–H and O–H groups in total. The van der Waals surface area contributed by atoms with Gasteiger partial charge in [0.1, 0.15) is 11.6 Å². The zero-order valence-corrected chi connectivity index (χ0v) is 21.9. The Morgan fingerprint density at radius 2 is 1.92 bits per heavy atom. The number of carbonyl (C=O) groups excluding carboxylic acids is 3. The van der Waals surface area contributed by atoms with Gasteiger partial charge in [0.15, 0.2) is 0 Å². The molecular formula is C28H30N6O5. The SMILES string of the molecule is CC1(C)CN(Cc2ccc(-c3ncon3)cc2)CCC1(O)c1ccc2c(n1)CN(C1CCC(=O)NC1=O)C2=O. The van der Waals surface area contributed by atoms with Crippen LogP contribution in [0.4, 0.5) is 0 Å². The van der Waals surface area contributed by atoms with Gasteiger partial charge in [0.05, 0.1) is 23.5 Å². The second-order valence-corrected chi connectivity index (χ2v) is 11.2. The number of hydrogen-bond donors (Lipinski definition) is 2. The zero-order chi connectivity index (χ0) is 27.4. The first kappa shape index (κ1) is 25.3. The van der Waals surface area contributed by atoms with Crippen molar-refractivity contribution in [3.8, 4) is 11.4 Å². The van der Waals surface area contributed by atoms with E-state index in [4.69, 9.17) is 9.51 Å². The fourth-order valence-corrected chi connectivity index (χ4v) is 6.02. The molecule has 3 aliphatic heterocycles. The Labute approximate surface area is 225 Å². The van der Waals surface area contributed by atoms with E-state index in [0.717, 1.165) is 17.7 Å². The molecule has 0 bridgehead atoms. The molecule has 2 atom stereocenters. The lowest BCUT2D eigenvalue weighted by atomic mass is 9.68. The number of carbonyl (C=O) groups is 3. The first-order valence-corrected chi connectivity index (χ1v) is 13.1. The summed E-state index contributed by atoms with van der Waals surface area (Å²) in [4.78, 5) is 49.6. The normalized spacial score (nSPS) is 25.1. The number of pyridine rings is 1. The minimum Gasteiger partial charge on any atom is -0.383 e. The number of nitrogens with zero attached hydrogens (tertiary/aromatic N) is 5. The summed E-state index contributed by atoms with van der Waals surface area (Å²) < 4.78 is 4.83. The molecule has 2 saturated heterocycles. The maximum absolute atomic E-state index is 13.1. The third-order valence-electron chi connectivity index (χ3n) is 8.30. The molecule has 11 nitrogen and oxygen atoms in total. The number of piperidine rings is 2.